The second kappa shape index (κ2) is 10.0. The summed E-state index contributed by atoms with van der Waals surface area (Å²) in [5, 5.41) is 2.86. The molecule has 1 saturated heterocycles. The van der Waals surface area contributed by atoms with Gasteiger partial charge in [0, 0.05) is 17.5 Å². The second-order valence-electron chi connectivity index (χ2n) is 10.2. The van der Waals surface area contributed by atoms with E-state index in [1.807, 2.05) is 30.5 Å². The molecule has 3 aromatic rings. The SMILES string of the molecule is COC(=O)c1ccc(NC(=O)[C@H](CCSC)N2C(=O)[C@H]3C4c5ccccc5C(c5ccccc54)[C@@H]3C2=O)cc1. The number of likely N-dealkylation sites (tertiary alicyclic amines) is 1. The molecule has 7 rings (SSSR count). The smallest absolute Gasteiger partial charge is 0.337 e. The number of hydrogen-bond donors (Lipinski definition) is 1. The Balaban J connectivity index is 1.34. The number of hydrogen-bond acceptors (Lipinski definition) is 6. The Labute approximate surface area is 230 Å². The Bertz CT molecular complexity index is 1370. The first-order chi connectivity index (χ1) is 19.0. The lowest BCUT2D eigenvalue weighted by atomic mass is 9.55. The Morgan fingerprint density at radius 1 is 0.846 bits per heavy atom. The minimum Gasteiger partial charge on any atom is -0.465 e. The van der Waals surface area contributed by atoms with E-state index in [9.17, 15) is 19.2 Å². The van der Waals surface area contributed by atoms with Crippen LogP contribution in [-0.4, -0.2) is 53.8 Å². The molecule has 7 nitrogen and oxygen atoms in total. The summed E-state index contributed by atoms with van der Waals surface area (Å²) in [6.45, 7) is 0. The molecule has 4 aliphatic rings. The van der Waals surface area contributed by atoms with Crippen molar-refractivity contribution in [2.45, 2.75) is 24.3 Å². The molecule has 0 aromatic heterocycles. The van der Waals surface area contributed by atoms with Crippen molar-refractivity contribution < 1.29 is 23.9 Å². The Kier molecular flexibility index (Phi) is 6.51. The molecule has 198 valence electrons. The van der Waals surface area contributed by atoms with Crippen molar-refractivity contribution in [2.75, 3.05) is 24.4 Å². The number of rotatable bonds is 7. The van der Waals surface area contributed by atoms with E-state index < -0.39 is 29.8 Å². The maximum Gasteiger partial charge on any atom is 0.337 e. The number of imide groups is 1. The molecular formula is C31H28N2O5S. The van der Waals surface area contributed by atoms with Crippen LogP contribution in [0.25, 0.3) is 0 Å². The lowest BCUT2D eigenvalue weighted by Gasteiger charge is -2.45. The maximum atomic E-state index is 14.1. The van der Waals surface area contributed by atoms with Crippen molar-refractivity contribution in [1.29, 1.82) is 0 Å². The number of nitrogens with zero attached hydrogens (tertiary/aromatic N) is 1. The fraction of sp³-hybridized carbons (Fsp3) is 0.290. The van der Waals surface area contributed by atoms with Crippen LogP contribution >= 0.6 is 11.8 Å². The molecule has 1 heterocycles. The third-order valence-electron chi connectivity index (χ3n) is 8.27. The highest BCUT2D eigenvalue weighted by atomic mass is 32.2. The van der Waals surface area contributed by atoms with Crippen molar-refractivity contribution in [2.24, 2.45) is 11.8 Å². The number of methoxy groups -OCH3 is 1. The van der Waals surface area contributed by atoms with Gasteiger partial charge in [-0.1, -0.05) is 48.5 Å². The zero-order chi connectivity index (χ0) is 27.3. The first-order valence-electron chi connectivity index (χ1n) is 13.0. The molecule has 3 amide bonds. The van der Waals surface area contributed by atoms with Crippen molar-refractivity contribution in [3.63, 3.8) is 0 Å². The van der Waals surface area contributed by atoms with Gasteiger partial charge in [-0.05, 0) is 64.9 Å². The third-order valence-corrected chi connectivity index (χ3v) is 8.91. The molecule has 8 heteroatoms. The van der Waals surface area contributed by atoms with Gasteiger partial charge < -0.3 is 10.1 Å². The van der Waals surface area contributed by atoms with Crippen molar-refractivity contribution >= 4 is 41.1 Å². The summed E-state index contributed by atoms with van der Waals surface area (Å²) in [7, 11) is 1.30. The number of ether oxygens (including phenoxy) is 1. The predicted molar refractivity (Wildman–Crippen MR) is 149 cm³/mol. The van der Waals surface area contributed by atoms with E-state index in [2.05, 4.69) is 29.6 Å². The zero-order valence-electron chi connectivity index (χ0n) is 21.6. The number of esters is 1. The molecule has 0 radical (unpaired) electrons. The lowest BCUT2D eigenvalue weighted by molar-refractivity contribution is -0.146. The van der Waals surface area contributed by atoms with Crippen LogP contribution in [0.2, 0.25) is 0 Å². The topological polar surface area (TPSA) is 92.8 Å². The predicted octanol–water partition coefficient (Wildman–Crippen LogP) is 4.43. The summed E-state index contributed by atoms with van der Waals surface area (Å²) in [5.41, 5.74) is 5.22. The minimum atomic E-state index is -0.936. The van der Waals surface area contributed by atoms with Gasteiger partial charge in [0.15, 0.2) is 0 Å². The van der Waals surface area contributed by atoms with Gasteiger partial charge in [-0.3, -0.25) is 19.3 Å². The molecule has 1 fully saturated rings. The quantitative estimate of drug-likeness (QED) is 0.352. The van der Waals surface area contributed by atoms with E-state index in [4.69, 9.17) is 4.74 Å². The van der Waals surface area contributed by atoms with Gasteiger partial charge in [0.05, 0.1) is 24.5 Å². The highest BCUT2D eigenvalue weighted by Crippen LogP contribution is 2.61. The Morgan fingerprint density at radius 2 is 1.33 bits per heavy atom. The van der Waals surface area contributed by atoms with Crippen LogP contribution in [-0.2, 0) is 19.1 Å². The van der Waals surface area contributed by atoms with Crippen LogP contribution in [0.5, 0.6) is 0 Å². The average molecular weight is 541 g/mol. The normalized spacial score (nSPS) is 23.1. The Morgan fingerprint density at radius 3 is 1.77 bits per heavy atom. The van der Waals surface area contributed by atoms with Gasteiger partial charge >= 0.3 is 5.97 Å². The van der Waals surface area contributed by atoms with Gasteiger partial charge in [-0.25, -0.2) is 4.79 Å². The molecule has 0 spiro atoms. The molecular weight excluding hydrogens is 512 g/mol. The van der Waals surface area contributed by atoms with Crippen LogP contribution in [0.3, 0.4) is 0 Å². The van der Waals surface area contributed by atoms with E-state index in [0.29, 0.717) is 23.4 Å². The van der Waals surface area contributed by atoms with E-state index in [0.717, 1.165) is 22.3 Å². The number of nitrogens with one attached hydrogen (secondary N) is 1. The number of thioether (sulfide) groups is 1. The third kappa shape index (κ3) is 3.97. The second-order valence-corrected chi connectivity index (χ2v) is 11.2. The lowest BCUT2D eigenvalue weighted by Crippen LogP contribution is -2.48. The molecule has 3 aromatic carbocycles. The highest BCUT2D eigenvalue weighted by Gasteiger charge is 2.62. The van der Waals surface area contributed by atoms with Crippen LogP contribution in [0, 0.1) is 11.8 Å². The van der Waals surface area contributed by atoms with Crippen LogP contribution in [0.15, 0.2) is 72.8 Å². The molecule has 1 aliphatic heterocycles. The summed E-state index contributed by atoms with van der Waals surface area (Å²) >= 11 is 1.56. The fourth-order valence-electron chi connectivity index (χ4n) is 6.65. The van der Waals surface area contributed by atoms with Crippen molar-refractivity contribution in [3.8, 4) is 0 Å². The largest absolute Gasteiger partial charge is 0.465 e. The van der Waals surface area contributed by atoms with E-state index in [1.165, 1.54) is 12.0 Å². The first-order valence-corrected chi connectivity index (χ1v) is 14.4. The number of benzene rings is 3. The number of amides is 3. The average Bonchev–Trinajstić information content (AvgIpc) is 3.23. The summed E-state index contributed by atoms with van der Waals surface area (Å²) in [5.74, 6) is -2.33. The molecule has 39 heavy (non-hydrogen) atoms. The minimum absolute atomic E-state index is 0.219. The monoisotopic (exact) mass is 540 g/mol. The van der Waals surface area contributed by atoms with Gasteiger partial charge in [-0.2, -0.15) is 11.8 Å². The van der Waals surface area contributed by atoms with Crippen molar-refractivity contribution in [3.05, 3.63) is 101 Å². The van der Waals surface area contributed by atoms with Gasteiger partial charge in [0.25, 0.3) is 0 Å². The van der Waals surface area contributed by atoms with Gasteiger partial charge in [0.1, 0.15) is 6.04 Å². The Hall–Kier alpha value is -3.91. The van der Waals surface area contributed by atoms with E-state index >= 15 is 0 Å². The van der Waals surface area contributed by atoms with E-state index in [-0.39, 0.29) is 23.7 Å². The number of anilines is 1. The van der Waals surface area contributed by atoms with Crippen LogP contribution in [0.1, 0.15) is 50.9 Å². The summed E-state index contributed by atoms with van der Waals surface area (Å²) in [4.78, 5) is 54.9. The molecule has 3 atom stereocenters. The first kappa shape index (κ1) is 25.4. The standard InChI is InChI=1S/C31H28N2O5S/c1-38-31(37)17-11-13-18(14-12-17)32-28(34)23(15-16-39-2)33-29(35)26-24-19-7-3-4-8-20(19)25(27(26)30(33)36)22-10-6-5-9-21(22)24/h3-14,23-27H,15-16H2,1-2H3,(H,32,34)/t23-,24?,25?,26-,27-/m0/s1. The van der Waals surface area contributed by atoms with Gasteiger partial charge in [-0.15, -0.1) is 0 Å². The molecule has 2 bridgehead atoms. The molecule has 3 aliphatic carbocycles. The van der Waals surface area contributed by atoms with Gasteiger partial charge in [0.2, 0.25) is 17.7 Å². The fourth-order valence-corrected chi connectivity index (χ4v) is 7.11. The molecule has 0 saturated carbocycles. The molecule has 0 unspecified atom stereocenters. The maximum absolute atomic E-state index is 14.1. The summed E-state index contributed by atoms with van der Waals surface area (Å²) < 4.78 is 4.74. The van der Waals surface area contributed by atoms with Crippen LogP contribution in [0.4, 0.5) is 5.69 Å². The highest BCUT2D eigenvalue weighted by molar-refractivity contribution is 7.98. The summed E-state index contributed by atoms with van der Waals surface area (Å²) in [6.07, 6.45) is 2.28. The number of carbonyl (C=O) groups is 4. The zero-order valence-corrected chi connectivity index (χ0v) is 22.4. The van der Waals surface area contributed by atoms with Crippen molar-refractivity contribution in [1.82, 2.24) is 4.90 Å². The molecule has 1 N–H and O–H groups in total. The van der Waals surface area contributed by atoms with E-state index in [1.54, 1.807) is 36.0 Å². The summed E-state index contributed by atoms with van der Waals surface area (Å²) in [6, 6.07) is 21.6. The number of carbonyl (C=O) groups excluding carboxylic acids is 4. The van der Waals surface area contributed by atoms with Crippen LogP contribution < -0.4 is 5.32 Å².